The van der Waals surface area contributed by atoms with Crippen LogP contribution in [0.5, 0.6) is 5.75 Å². The van der Waals surface area contributed by atoms with E-state index in [0.717, 1.165) is 5.56 Å². The largest absolute Gasteiger partial charge is 0.496 e. The molecule has 0 aliphatic rings. The highest BCUT2D eigenvalue weighted by Gasteiger charge is 2.23. The number of halogens is 1. The Bertz CT molecular complexity index is 420. The van der Waals surface area contributed by atoms with Gasteiger partial charge in [0.05, 0.1) is 14.2 Å². The lowest BCUT2D eigenvalue weighted by Crippen LogP contribution is -2.27. The number of methoxy groups -OCH3 is 2. The van der Waals surface area contributed by atoms with Gasteiger partial charge in [0.1, 0.15) is 11.8 Å². The summed E-state index contributed by atoms with van der Waals surface area (Å²) < 4.78 is 9.98. The van der Waals surface area contributed by atoms with Crippen LogP contribution in [0, 0.1) is 6.92 Å². The summed E-state index contributed by atoms with van der Waals surface area (Å²) in [6, 6.07) is 2.92. The molecule has 0 radical (unpaired) electrons. The molecular weight excluding hydrogens is 242 g/mol. The first kappa shape index (κ1) is 13.8. The van der Waals surface area contributed by atoms with E-state index in [1.165, 1.54) is 7.11 Å². The van der Waals surface area contributed by atoms with Crippen molar-refractivity contribution in [2.75, 3.05) is 21.3 Å². The molecule has 0 spiro atoms. The first-order valence-corrected chi connectivity index (χ1v) is 5.52. The van der Waals surface area contributed by atoms with Gasteiger partial charge in [0.25, 0.3) is 0 Å². The lowest BCUT2D eigenvalue weighted by molar-refractivity contribution is -0.143. The monoisotopic (exact) mass is 257 g/mol. The molecule has 0 saturated heterocycles. The Morgan fingerprint density at radius 2 is 2.06 bits per heavy atom. The zero-order valence-corrected chi connectivity index (χ0v) is 11.1. The quantitative estimate of drug-likeness (QED) is 0.839. The molecule has 0 fully saturated rings. The Morgan fingerprint density at radius 3 is 2.53 bits per heavy atom. The van der Waals surface area contributed by atoms with Crippen molar-refractivity contribution in [1.29, 1.82) is 0 Å². The highest BCUT2D eigenvalue weighted by atomic mass is 35.5. The van der Waals surface area contributed by atoms with Gasteiger partial charge >= 0.3 is 5.97 Å². The van der Waals surface area contributed by atoms with Gasteiger partial charge in [-0.3, -0.25) is 0 Å². The number of esters is 1. The third-order valence-corrected chi connectivity index (χ3v) is 2.95. The number of carbonyl (C=O) groups is 1. The second kappa shape index (κ2) is 5.89. The summed E-state index contributed by atoms with van der Waals surface area (Å²) in [5.41, 5.74) is 1.56. The van der Waals surface area contributed by atoms with E-state index in [4.69, 9.17) is 21.1 Å². The summed E-state index contributed by atoms with van der Waals surface area (Å²) in [6.07, 6.45) is 0. The minimum Gasteiger partial charge on any atom is -0.496 e. The molecule has 17 heavy (non-hydrogen) atoms. The summed E-state index contributed by atoms with van der Waals surface area (Å²) in [5, 5.41) is 3.47. The van der Waals surface area contributed by atoms with E-state index in [1.807, 2.05) is 6.92 Å². The van der Waals surface area contributed by atoms with E-state index < -0.39 is 6.04 Å². The van der Waals surface area contributed by atoms with Gasteiger partial charge in [-0.2, -0.15) is 0 Å². The molecule has 1 unspecified atom stereocenters. The number of likely N-dealkylation sites (N-methyl/N-ethyl adjacent to an activating group) is 1. The number of hydrogen-bond donors (Lipinski definition) is 1. The van der Waals surface area contributed by atoms with E-state index in [9.17, 15) is 4.79 Å². The average Bonchev–Trinajstić information content (AvgIpc) is 2.33. The topological polar surface area (TPSA) is 47.6 Å². The van der Waals surface area contributed by atoms with Gasteiger partial charge in [-0.15, -0.1) is 0 Å². The fourth-order valence-corrected chi connectivity index (χ4v) is 1.76. The standard InChI is InChI=1S/C12H16ClNO3/c1-7-5-10(16-3)8(6-9(7)13)11(14-2)12(15)17-4/h5-6,11,14H,1-4H3. The lowest BCUT2D eigenvalue weighted by Gasteiger charge is -2.18. The second-order valence-corrected chi connectivity index (χ2v) is 4.00. The number of nitrogens with one attached hydrogen (secondary N) is 1. The summed E-state index contributed by atoms with van der Waals surface area (Å²) in [5.74, 6) is 0.224. The first-order chi connectivity index (χ1) is 8.04. The number of hydrogen-bond acceptors (Lipinski definition) is 4. The van der Waals surface area contributed by atoms with Crippen molar-refractivity contribution in [3.8, 4) is 5.75 Å². The second-order valence-electron chi connectivity index (χ2n) is 3.59. The van der Waals surface area contributed by atoms with Crippen LogP contribution in [0.1, 0.15) is 17.2 Å². The van der Waals surface area contributed by atoms with Gasteiger partial charge in [-0.1, -0.05) is 11.6 Å². The van der Waals surface area contributed by atoms with Crippen LogP contribution in [0.2, 0.25) is 5.02 Å². The molecule has 1 aromatic carbocycles. The number of benzene rings is 1. The number of carbonyl (C=O) groups excluding carboxylic acids is 1. The fourth-order valence-electron chi connectivity index (χ4n) is 1.59. The zero-order valence-electron chi connectivity index (χ0n) is 10.3. The molecule has 94 valence electrons. The molecule has 0 amide bonds. The molecule has 1 atom stereocenters. The van der Waals surface area contributed by atoms with Gasteiger partial charge in [-0.25, -0.2) is 4.79 Å². The number of aryl methyl sites for hydroxylation is 1. The first-order valence-electron chi connectivity index (χ1n) is 5.14. The molecule has 1 rings (SSSR count). The Hall–Kier alpha value is -1.26. The normalized spacial score (nSPS) is 12.1. The highest BCUT2D eigenvalue weighted by Crippen LogP contribution is 2.31. The predicted molar refractivity (Wildman–Crippen MR) is 66.6 cm³/mol. The molecule has 0 aliphatic carbocycles. The van der Waals surface area contributed by atoms with Crippen molar-refractivity contribution in [3.63, 3.8) is 0 Å². The summed E-state index contributed by atoms with van der Waals surface area (Å²) >= 11 is 6.06. The number of rotatable bonds is 4. The maximum atomic E-state index is 11.6. The molecule has 0 aromatic heterocycles. The van der Waals surface area contributed by atoms with Gasteiger partial charge in [0.2, 0.25) is 0 Å². The van der Waals surface area contributed by atoms with Crippen LogP contribution in [0.3, 0.4) is 0 Å². The molecule has 4 nitrogen and oxygen atoms in total. The van der Waals surface area contributed by atoms with Crippen molar-refractivity contribution in [1.82, 2.24) is 5.32 Å². The van der Waals surface area contributed by atoms with Crippen molar-refractivity contribution in [3.05, 3.63) is 28.3 Å². The van der Waals surface area contributed by atoms with Gasteiger partial charge in [-0.05, 0) is 31.7 Å². The maximum absolute atomic E-state index is 11.6. The van der Waals surface area contributed by atoms with Crippen LogP contribution in [0.4, 0.5) is 0 Å². The van der Waals surface area contributed by atoms with Crippen LogP contribution in [0.15, 0.2) is 12.1 Å². The highest BCUT2D eigenvalue weighted by molar-refractivity contribution is 6.31. The molecule has 0 saturated carbocycles. The Labute approximate surface area is 106 Å². The molecule has 0 aliphatic heterocycles. The van der Waals surface area contributed by atoms with Crippen molar-refractivity contribution >= 4 is 17.6 Å². The molecular formula is C12H16ClNO3. The van der Waals surface area contributed by atoms with Gasteiger partial charge in [0.15, 0.2) is 0 Å². The zero-order chi connectivity index (χ0) is 13.0. The number of ether oxygens (including phenoxy) is 2. The minimum absolute atomic E-state index is 0.384. The summed E-state index contributed by atoms with van der Waals surface area (Å²) in [7, 11) is 4.57. The maximum Gasteiger partial charge on any atom is 0.327 e. The molecule has 1 aromatic rings. The van der Waals surface area contributed by atoms with Gasteiger partial charge < -0.3 is 14.8 Å². The Balaban J connectivity index is 3.27. The molecule has 0 heterocycles. The van der Waals surface area contributed by atoms with Crippen molar-refractivity contribution < 1.29 is 14.3 Å². The fraction of sp³-hybridized carbons (Fsp3) is 0.417. The predicted octanol–water partition coefficient (Wildman–Crippen LogP) is 2.09. The summed E-state index contributed by atoms with van der Waals surface area (Å²) in [6.45, 7) is 1.88. The smallest absolute Gasteiger partial charge is 0.327 e. The van der Waals surface area contributed by atoms with E-state index in [2.05, 4.69) is 5.32 Å². The van der Waals surface area contributed by atoms with Crippen LogP contribution in [-0.2, 0) is 9.53 Å². The average molecular weight is 258 g/mol. The third kappa shape index (κ3) is 2.90. The molecule has 5 heteroatoms. The van der Waals surface area contributed by atoms with Gasteiger partial charge in [0, 0.05) is 10.6 Å². The SMILES string of the molecule is CNC(C(=O)OC)c1cc(Cl)c(C)cc1OC. The van der Waals surface area contributed by atoms with Crippen molar-refractivity contribution in [2.24, 2.45) is 0 Å². The van der Waals surface area contributed by atoms with Crippen LogP contribution < -0.4 is 10.1 Å². The van der Waals surface area contributed by atoms with Crippen LogP contribution in [-0.4, -0.2) is 27.2 Å². The van der Waals surface area contributed by atoms with Crippen LogP contribution >= 0.6 is 11.6 Å². The molecule has 0 bridgehead atoms. The van der Waals surface area contributed by atoms with E-state index in [-0.39, 0.29) is 5.97 Å². The van der Waals surface area contributed by atoms with Crippen LogP contribution in [0.25, 0.3) is 0 Å². The molecule has 1 N–H and O–H groups in total. The Kier molecular flexibility index (Phi) is 4.78. The van der Waals surface area contributed by atoms with Crippen molar-refractivity contribution in [2.45, 2.75) is 13.0 Å². The van der Waals surface area contributed by atoms with E-state index in [1.54, 1.807) is 26.3 Å². The summed E-state index contributed by atoms with van der Waals surface area (Å²) in [4.78, 5) is 11.6. The third-order valence-electron chi connectivity index (χ3n) is 2.55. The lowest BCUT2D eigenvalue weighted by atomic mass is 10.0. The Morgan fingerprint density at radius 1 is 1.41 bits per heavy atom. The van der Waals surface area contributed by atoms with E-state index in [0.29, 0.717) is 16.3 Å². The van der Waals surface area contributed by atoms with E-state index >= 15 is 0 Å². The minimum atomic E-state index is -0.590.